The van der Waals surface area contributed by atoms with Crippen LogP contribution in [0.3, 0.4) is 0 Å². The molecule has 18 heteroatoms. The third-order valence-electron chi connectivity index (χ3n) is 9.05. The Morgan fingerprint density at radius 1 is 0.722 bits per heavy atom. The van der Waals surface area contributed by atoms with Gasteiger partial charge in [0, 0.05) is 38.6 Å². The van der Waals surface area contributed by atoms with Crippen molar-refractivity contribution < 1.29 is 38.5 Å². The number of piperidine rings is 2. The molecule has 0 aromatic carbocycles. The first kappa shape index (κ1) is 39.5. The molecule has 18 nitrogen and oxygen atoms in total. The van der Waals surface area contributed by atoms with Crippen molar-refractivity contribution in [2.45, 2.75) is 96.4 Å². The topological polar surface area (TPSA) is 230 Å². The molecule has 2 aliphatic rings. The van der Waals surface area contributed by atoms with E-state index in [2.05, 4.69) is 45.4 Å². The number of carbonyl (C=O) groups is 4. The number of carboxylic acid groups (broad SMARTS) is 1. The number of hydrogen-bond donors (Lipinski definition) is 5. The van der Waals surface area contributed by atoms with E-state index in [1.54, 1.807) is 54.7 Å². The summed E-state index contributed by atoms with van der Waals surface area (Å²) in [6.45, 7) is 14.5. The van der Waals surface area contributed by atoms with Crippen LogP contribution in [-0.4, -0.2) is 114 Å². The second-order valence-corrected chi connectivity index (χ2v) is 15.3. The summed E-state index contributed by atoms with van der Waals surface area (Å²) in [6.07, 6.45) is 6.54. The quantitative estimate of drug-likeness (QED) is 0.131. The number of carbonyl (C=O) groups excluding carboxylic acids is 3. The number of hydrogen-bond acceptors (Lipinski definition) is 13. The number of aromatic amines is 2. The molecule has 54 heavy (non-hydrogen) atoms. The van der Waals surface area contributed by atoms with Gasteiger partial charge >= 0.3 is 24.1 Å². The Balaban J connectivity index is 0.000000208. The van der Waals surface area contributed by atoms with Gasteiger partial charge in [-0.15, -0.1) is 0 Å². The van der Waals surface area contributed by atoms with Crippen LogP contribution in [0.1, 0.15) is 74.1 Å². The monoisotopic (exact) mass is 750 g/mol. The van der Waals surface area contributed by atoms with Crippen molar-refractivity contribution >= 4 is 57.8 Å². The molecule has 4 aromatic rings. The Bertz CT molecular complexity index is 1950. The van der Waals surface area contributed by atoms with Crippen molar-refractivity contribution in [3.05, 3.63) is 37.2 Å². The number of carboxylic acids is 1. The van der Waals surface area contributed by atoms with Crippen LogP contribution in [0.5, 0.6) is 0 Å². The van der Waals surface area contributed by atoms with Crippen molar-refractivity contribution in [3.8, 4) is 0 Å². The summed E-state index contributed by atoms with van der Waals surface area (Å²) in [5.41, 5.74) is -2.30. The van der Waals surface area contributed by atoms with E-state index >= 15 is 0 Å². The molecule has 0 spiro atoms. The lowest BCUT2D eigenvalue weighted by molar-refractivity contribution is -0.152. The van der Waals surface area contributed by atoms with E-state index < -0.39 is 46.4 Å². The van der Waals surface area contributed by atoms with Crippen molar-refractivity contribution in [3.63, 3.8) is 0 Å². The van der Waals surface area contributed by atoms with Gasteiger partial charge < -0.3 is 49.7 Å². The minimum atomic E-state index is -1.34. The number of aliphatic carboxylic acids is 1. The van der Waals surface area contributed by atoms with Crippen molar-refractivity contribution in [1.29, 1.82) is 0 Å². The Morgan fingerprint density at radius 2 is 1.13 bits per heavy atom. The highest BCUT2D eigenvalue weighted by Gasteiger charge is 2.46. The third kappa shape index (κ3) is 9.27. The molecule has 0 aliphatic carbocycles. The van der Waals surface area contributed by atoms with Crippen LogP contribution in [0, 0.1) is 0 Å². The number of rotatable bonds is 7. The zero-order valence-corrected chi connectivity index (χ0v) is 31.8. The summed E-state index contributed by atoms with van der Waals surface area (Å²) in [4.78, 5) is 76.3. The number of aromatic nitrogens is 6. The summed E-state index contributed by atoms with van der Waals surface area (Å²) in [7, 11) is 0. The largest absolute Gasteiger partial charge is 0.480 e. The molecule has 0 saturated carbocycles. The van der Waals surface area contributed by atoms with Crippen molar-refractivity contribution in [1.82, 2.24) is 40.5 Å². The fourth-order valence-corrected chi connectivity index (χ4v) is 6.46. The predicted octanol–water partition coefficient (Wildman–Crippen LogP) is 4.29. The fourth-order valence-electron chi connectivity index (χ4n) is 6.46. The molecule has 6 rings (SSSR count). The van der Waals surface area contributed by atoms with E-state index in [0.29, 0.717) is 39.0 Å². The lowest BCUT2D eigenvalue weighted by Crippen LogP contribution is -2.61. The van der Waals surface area contributed by atoms with Crippen LogP contribution in [0.25, 0.3) is 22.1 Å². The number of alkyl carbamates (subject to hydrolysis) is 2. The predicted molar refractivity (Wildman–Crippen MR) is 199 cm³/mol. The third-order valence-corrected chi connectivity index (χ3v) is 9.05. The molecule has 5 N–H and O–H groups in total. The summed E-state index contributed by atoms with van der Waals surface area (Å²) < 4.78 is 15.8. The van der Waals surface area contributed by atoms with Gasteiger partial charge in [-0.3, -0.25) is 0 Å². The van der Waals surface area contributed by atoms with E-state index in [0.717, 1.165) is 33.7 Å². The van der Waals surface area contributed by atoms with E-state index in [1.165, 1.54) is 12.7 Å². The normalized spacial score (nSPS) is 16.9. The first-order valence-corrected chi connectivity index (χ1v) is 17.9. The van der Waals surface area contributed by atoms with E-state index in [9.17, 15) is 24.3 Å². The Morgan fingerprint density at radius 3 is 1.52 bits per heavy atom. The first-order chi connectivity index (χ1) is 25.4. The fraction of sp³-hybridized carbons (Fsp3) is 0.556. The van der Waals surface area contributed by atoms with Crippen LogP contribution in [0.4, 0.5) is 21.2 Å². The zero-order valence-electron chi connectivity index (χ0n) is 31.8. The van der Waals surface area contributed by atoms with Crippen LogP contribution in [-0.2, 0) is 23.8 Å². The molecule has 2 amide bonds. The minimum Gasteiger partial charge on any atom is -0.480 e. The van der Waals surface area contributed by atoms with Gasteiger partial charge in [-0.1, -0.05) is 0 Å². The second kappa shape index (κ2) is 15.7. The highest BCUT2D eigenvalue weighted by Crippen LogP contribution is 2.32. The van der Waals surface area contributed by atoms with Crippen LogP contribution in [0.2, 0.25) is 0 Å². The number of nitrogens with zero attached hydrogens (tertiary/aromatic N) is 6. The van der Waals surface area contributed by atoms with Crippen LogP contribution >= 0.6 is 0 Å². The molecule has 0 atom stereocenters. The van der Waals surface area contributed by atoms with Gasteiger partial charge in [0.15, 0.2) is 0 Å². The molecular formula is C36H50N10O8. The summed E-state index contributed by atoms with van der Waals surface area (Å²) in [6, 6.07) is 3.82. The Hall–Kier alpha value is -5.68. The minimum absolute atomic E-state index is 0.246. The molecule has 2 aliphatic heterocycles. The van der Waals surface area contributed by atoms with Gasteiger partial charge in [0.1, 0.15) is 57.9 Å². The number of anilines is 2. The number of H-pyrrole nitrogens is 2. The van der Waals surface area contributed by atoms with Gasteiger partial charge in [0.25, 0.3) is 0 Å². The van der Waals surface area contributed by atoms with E-state index in [4.69, 9.17) is 14.2 Å². The van der Waals surface area contributed by atoms with Gasteiger partial charge in [0.2, 0.25) is 0 Å². The van der Waals surface area contributed by atoms with Gasteiger partial charge in [-0.25, -0.2) is 39.1 Å². The molecule has 0 unspecified atom stereocenters. The molecule has 6 heterocycles. The van der Waals surface area contributed by atoms with Gasteiger partial charge in [0.05, 0.1) is 17.4 Å². The number of amides is 2. The molecule has 4 aromatic heterocycles. The first-order valence-electron chi connectivity index (χ1n) is 17.9. The molecule has 2 saturated heterocycles. The Labute approximate surface area is 312 Å². The maximum Gasteiger partial charge on any atom is 0.408 e. The van der Waals surface area contributed by atoms with Gasteiger partial charge in [-0.05, 0) is 86.3 Å². The Kier molecular flexibility index (Phi) is 11.5. The van der Waals surface area contributed by atoms with E-state index in [1.807, 2.05) is 23.2 Å². The van der Waals surface area contributed by atoms with Crippen LogP contribution < -0.4 is 20.4 Å². The van der Waals surface area contributed by atoms with Crippen molar-refractivity contribution in [2.75, 3.05) is 42.6 Å². The molecule has 0 bridgehead atoms. The maximum absolute atomic E-state index is 12.7. The van der Waals surface area contributed by atoms with Gasteiger partial charge in [-0.2, -0.15) is 0 Å². The van der Waals surface area contributed by atoms with Crippen LogP contribution in [0.15, 0.2) is 37.2 Å². The standard InChI is InChI=1S/C19H27N5O4.C17H23N5O4/c1-5-27-16(25)19(23-17(26)28-18(2,3)4)7-10-24(11-8-19)15-13-6-9-20-14(13)21-12-22-15;1-16(2,3)26-15(25)21-17(14(23)24)5-8-22(9-6-17)13-11-4-7-18-12(11)19-10-20-13/h6,9,12H,5,7-8,10-11H2,1-4H3,(H,23,26)(H,20,21,22);4,7,10H,5-6,8-9H2,1-3H3,(H,21,25)(H,23,24)(H,18,19,20). The molecular weight excluding hydrogens is 700 g/mol. The number of nitrogens with one attached hydrogen (secondary N) is 4. The number of ether oxygens (including phenoxy) is 3. The number of esters is 1. The summed E-state index contributed by atoms with van der Waals surface area (Å²) in [5.74, 6) is 0.0703. The maximum atomic E-state index is 12.7. The average molecular weight is 751 g/mol. The molecule has 2 fully saturated rings. The summed E-state index contributed by atoms with van der Waals surface area (Å²) >= 11 is 0. The van der Waals surface area contributed by atoms with E-state index in [-0.39, 0.29) is 19.4 Å². The smallest absolute Gasteiger partial charge is 0.408 e. The highest BCUT2D eigenvalue weighted by atomic mass is 16.6. The SMILES string of the molecule is CC(C)(C)OC(=O)NC1(C(=O)O)CCN(c2ncnc3[nH]ccc23)CC1.CCOC(=O)C1(NC(=O)OC(C)(C)C)CCN(c2ncnc3[nH]ccc23)CC1. The molecule has 0 radical (unpaired) electrons. The lowest BCUT2D eigenvalue weighted by Gasteiger charge is -2.40. The zero-order chi connectivity index (χ0) is 39.3. The van der Waals surface area contributed by atoms with Crippen molar-refractivity contribution in [2.24, 2.45) is 0 Å². The molecule has 292 valence electrons. The lowest BCUT2D eigenvalue weighted by atomic mass is 9.87. The summed E-state index contributed by atoms with van der Waals surface area (Å²) in [5, 5.41) is 16.9. The average Bonchev–Trinajstić information content (AvgIpc) is 3.78. The second-order valence-electron chi connectivity index (χ2n) is 15.3. The highest BCUT2D eigenvalue weighted by molar-refractivity contribution is 5.90. The number of fused-ring (bicyclic) bond motifs is 2.